The Morgan fingerprint density at radius 3 is 2.02 bits per heavy atom. The second-order valence-electron chi connectivity index (χ2n) is 8.90. The molecule has 0 aliphatic rings. The molecule has 0 spiro atoms. The van der Waals surface area contributed by atoms with Gasteiger partial charge in [0.25, 0.3) is 12.5 Å². The number of nitriles is 2. The lowest BCUT2D eigenvalue weighted by Gasteiger charge is -2.07. The number of benzene rings is 3. The number of thioether (sulfide) groups is 2. The maximum atomic E-state index is 11.7. The van der Waals surface area contributed by atoms with Gasteiger partial charge in [0.05, 0.1) is 6.42 Å². The first-order valence-corrected chi connectivity index (χ1v) is 16.1. The van der Waals surface area contributed by atoms with E-state index < -0.39 is 6.09 Å². The summed E-state index contributed by atoms with van der Waals surface area (Å²) in [5.74, 6) is 1.96. The highest BCUT2D eigenvalue weighted by Crippen LogP contribution is 2.17. The molecule has 234 valence electrons. The molecule has 1 amide bonds. The number of alkyl carbamates (subject to hydrolysis) is 1. The molecule has 0 heterocycles. The summed E-state index contributed by atoms with van der Waals surface area (Å²) < 4.78 is 19.6. The minimum absolute atomic E-state index is 0. The van der Waals surface area contributed by atoms with Crippen LogP contribution < -0.4 is 10.1 Å². The van der Waals surface area contributed by atoms with Crippen molar-refractivity contribution in [1.82, 2.24) is 5.32 Å². The van der Waals surface area contributed by atoms with Crippen LogP contribution in [0.1, 0.15) is 35.2 Å². The number of amides is 1. The van der Waals surface area contributed by atoms with Gasteiger partial charge in [0.1, 0.15) is 25.6 Å². The Labute approximate surface area is 268 Å². The summed E-state index contributed by atoms with van der Waals surface area (Å²) in [5.41, 5.74) is 5.00. The van der Waals surface area contributed by atoms with E-state index in [-0.39, 0.29) is 20.0 Å². The average molecular weight is 638 g/mol. The van der Waals surface area contributed by atoms with Gasteiger partial charge in [0.2, 0.25) is 0 Å². The van der Waals surface area contributed by atoms with Gasteiger partial charge in [0, 0.05) is 18.1 Å². The number of nitrogens with zero attached hydrogens (tertiary/aromatic N) is 2. The van der Waals surface area contributed by atoms with Crippen molar-refractivity contribution in [3.05, 3.63) is 101 Å². The molecule has 0 aromatic heterocycles. The summed E-state index contributed by atoms with van der Waals surface area (Å²) in [5, 5.41) is 19.5. The van der Waals surface area contributed by atoms with E-state index in [0.717, 1.165) is 45.7 Å². The molecule has 0 radical (unpaired) electrons. The summed E-state index contributed by atoms with van der Waals surface area (Å²) in [6.45, 7) is 1.55. The molecule has 0 aliphatic heterocycles. The highest BCUT2D eigenvalue weighted by Gasteiger charge is 2.06. The zero-order valence-electron chi connectivity index (χ0n) is 24.2. The zero-order valence-corrected chi connectivity index (χ0v) is 25.9. The lowest BCUT2D eigenvalue weighted by Crippen LogP contribution is -2.24. The molecule has 1 N–H and O–H groups in total. The topological polar surface area (TPSA) is 131 Å². The summed E-state index contributed by atoms with van der Waals surface area (Å²) in [6.07, 6.45) is 7.85. The largest absolute Gasteiger partial charge is 0.465 e. The zero-order chi connectivity index (χ0) is 31.1. The van der Waals surface area contributed by atoms with Gasteiger partial charge in [-0.3, -0.25) is 4.79 Å². The van der Waals surface area contributed by atoms with E-state index >= 15 is 0 Å². The van der Waals surface area contributed by atoms with Crippen molar-refractivity contribution in [2.45, 2.75) is 33.4 Å². The summed E-state index contributed by atoms with van der Waals surface area (Å²) in [4.78, 5) is 23.0. The van der Waals surface area contributed by atoms with Crippen LogP contribution in [-0.4, -0.2) is 49.3 Å². The Morgan fingerprint density at radius 2 is 1.39 bits per heavy atom. The molecule has 0 unspecified atom stereocenters. The molecular formula is C33H39N3O6S2. The third-order valence-electron chi connectivity index (χ3n) is 5.68. The molecule has 0 saturated heterocycles. The number of hydrogen-bond acceptors (Lipinski definition) is 10. The van der Waals surface area contributed by atoms with E-state index in [9.17, 15) is 9.59 Å². The molecule has 0 aliphatic carbocycles. The van der Waals surface area contributed by atoms with Crippen molar-refractivity contribution < 1.29 is 28.5 Å². The van der Waals surface area contributed by atoms with Gasteiger partial charge in [-0.15, -0.1) is 5.26 Å². The molecule has 0 saturated carbocycles. The van der Waals surface area contributed by atoms with Gasteiger partial charge in [0.15, 0.2) is 0 Å². The van der Waals surface area contributed by atoms with Crippen molar-refractivity contribution in [2.75, 3.05) is 37.2 Å². The van der Waals surface area contributed by atoms with Crippen LogP contribution in [0.4, 0.5) is 4.79 Å². The normalized spacial score (nSPS) is 9.55. The number of carbonyl (C=O) groups is 2. The Hall–Kier alpha value is -4.32. The average Bonchev–Trinajstić information content (AvgIpc) is 3.01. The fraction of sp³-hybridized carbons (Fsp3) is 0.333. The molecule has 0 atom stereocenters. The maximum Gasteiger partial charge on any atom is 0.407 e. The molecule has 3 rings (SSSR count). The van der Waals surface area contributed by atoms with Crippen LogP contribution in [0, 0.1) is 23.0 Å². The Balaban J connectivity index is 0.000000442. The third-order valence-corrected chi connectivity index (χ3v) is 6.83. The molecule has 44 heavy (non-hydrogen) atoms. The fourth-order valence-corrected chi connectivity index (χ4v) is 4.05. The maximum absolute atomic E-state index is 11.7. The number of hydrogen-bond donors (Lipinski definition) is 1. The van der Waals surface area contributed by atoms with Crippen molar-refractivity contribution in [3.8, 4) is 18.3 Å². The molecule has 0 fully saturated rings. The van der Waals surface area contributed by atoms with Gasteiger partial charge in [-0.2, -0.15) is 28.8 Å². The highest BCUT2D eigenvalue weighted by molar-refractivity contribution is 7.98. The van der Waals surface area contributed by atoms with Gasteiger partial charge in [-0.1, -0.05) is 68.1 Å². The van der Waals surface area contributed by atoms with Crippen LogP contribution in [0.25, 0.3) is 0 Å². The Bertz CT molecular complexity index is 1340. The van der Waals surface area contributed by atoms with Crippen molar-refractivity contribution in [2.24, 2.45) is 0 Å². The Kier molecular flexibility index (Phi) is 19.9. The summed E-state index contributed by atoms with van der Waals surface area (Å²) in [6, 6.07) is 22.8. The number of ether oxygens (including phenoxy) is 4. The second kappa shape index (κ2) is 23.2. The number of esters is 1. The number of rotatable bonds is 15. The predicted molar refractivity (Wildman–Crippen MR) is 175 cm³/mol. The molecule has 11 heteroatoms. The quantitative estimate of drug-likeness (QED) is 0.112. The van der Waals surface area contributed by atoms with Crippen LogP contribution in [0.15, 0.2) is 72.8 Å². The molecule has 3 aromatic rings. The van der Waals surface area contributed by atoms with Gasteiger partial charge < -0.3 is 24.3 Å². The van der Waals surface area contributed by atoms with Crippen molar-refractivity contribution in [3.63, 3.8) is 0 Å². The summed E-state index contributed by atoms with van der Waals surface area (Å²) in [7, 11) is 0. The minimum Gasteiger partial charge on any atom is -0.465 e. The third kappa shape index (κ3) is 16.4. The predicted octanol–water partition coefficient (Wildman–Crippen LogP) is 6.50. The molecular weight excluding hydrogens is 599 g/mol. The van der Waals surface area contributed by atoms with Gasteiger partial charge >= 0.3 is 12.1 Å². The van der Waals surface area contributed by atoms with Crippen LogP contribution in [0.3, 0.4) is 0 Å². The highest BCUT2D eigenvalue weighted by atomic mass is 32.2. The smallest absolute Gasteiger partial charge is 0.407 e. The van der Waals surface area contributed by atoms with E-state index in [1.807, 2.05) is 79.2 Å². The van der Waals surface area contributed by atoms with E-state index in [2.05, 4.69) is 10.1 Å². The molecule has 9 nitrogen and oxygen atoms in total. The van der Waals surface area contributed by atoms with Crippen LogP contribution in [0.5, 0.6) is 5.75 Å². The standard InChI is InChI=1S/C19H19NO3S.C13H16N2O3S.CH4/c1-24-10-9-22-19(21)13-16-7-5-15(6-8-16)11-17-3-2-4-18(12-17)23-14-20;1-19-7-6-18-13(16)15-8-11-2-4-12(5-3-11)9-17-10-14;/h2-8,12H,9-11,13H2,1H3;2-5H,6-9H2,1H3,(H,15,16);1H4. The number of nitrogens with one attached hydrogen (secondary N) is 1. The van der Waals surface area contributed by atoms with E-state index in [1.165, 1.54) is 0 Å². The second-order valence-corrected chi connectivity index (χ2v) is 10.9. The summed E-state index contributed by atoms with van der Waals surface area (Å²) >= 11 is 3.28. The Morgan fingerprint density at radius 1 is 0.773 bits per heavy atom. The van der Waals surface area contributed by atoms with Crippen LogP contribution in [0.2, 0.25) is 0 Å². The first-order valence-electron chi connectivity index (χ1n) is 13.3. The fourth-order valence-electron chi connectivity index (χ4n) is 3.55. The minimum atomic E-state index is -0.411. The van der Waals surface area contributed by atoms with Crippen LogP contribution in [-0.2, 0) is 45.0 Å². The first kappa shape index (κ1) is 37.7. The lowest BCUT2D eigenvalue weighted by molar-refractivity contribution is -0.142. The lowest BCUT2D eigenvalue weighted by atomic mass is 10.0. The van der Waals surface area contributed by atoms with E-state index in [1.54, 1.807) is 42.1 Å². The van der Waals surface area contributed by atoms with E-state index in [0.29, 0.717) is 31.9 Å². The molecule has 0 bridgehead atoms. The van der Waals surface area contributed by atoms with Gasteiger partial charge in [-0.25, -0.2) is 4.79 Å². The van der Waals surface area contributed by atoms with Crippen LogP contribution >= 0.6 is 23.5 Å². The van der Waals surface area contributed by atoms with E-state index in [4.69, 9.17) is 24.7 Å². The molecule has 3 aromatic carbocycles. The first-order chi connectivity index (χ1) is 21.0. The SMILES string of the molecule is C.CSCCOC(=O)Cc1ccc(Cc2cccc(OC#N)c2)cc1.CSCCOC(=O)NCc1ccc(COC#N)cc1. The van der Waals surface area contributed by atoms with Crippen molar-refractivity contribution in [1.29, 1.82) is 10.5 Å². The van der Waals surface area contributed by atoms with Crippen molar-refractivity contribution >= 4 is 35.6 Å². The monoisotopic (exact) mass is 637 g/mol. The number of carbonyl (C=O) groups excluding carboxylic acids is 2. The van der Waals surface area contributed by atoms with Gasteiger partial charge in [-0.05, 0) is 58.9 Å².